The lowest BCUT2D eigenvalue weighted by Crippen LogP contribution is -1.95. The van der Waals surface area contributed by atoms with Crippen LogP contribution in [0.1, 0.15) is 44.7 Å². The van der Waals surface area contributed by atoms with Gasteiger partial charge in [-0.2, -0.15) is 0 Å². The molecular weight excluding hydrogens is 206 g/mol. The van der Waals surface area contributed by atoms with Gasteiger partial charge in [-0.3, -0.25) is 0 Å². The molecule has 0 aromatic heterocycles. The maximum Gasteiger partial charge on any atom is 0.0387 e. The van der Waals surface area contributed by atoms with E-state index >= 15 is 0 Å². The molecule has 0 aliphatic heterocycles. The lowest BCUT2D eigenvalue weighted by Gasteiger charge is -2.01. The summed E-state index contributed by atoms with van der Waals surface area (Å²) in [6, 6.07) is 8.17. The molecule has 0 bridgehead atoms. The summed E-state index contributed by atoms with van der Waals surface area (Å²) in [6.07, 6.45) is 8.45. The summed E-state index contributed by atoms with van der Waals surface area (Å²) in [5, 5.41) is 0. The van der Waals surface area contributed by atoms with E-state index in [9.17, 15) is 0 Å². The van der Waals surface area contributed by atoms with Crippen molar-refractivity contribution < 1.29 is 0 Å². The van der Waals surface area contributed by atoms with E-state index in [1.807, 2.05) is 37.3 Å². The molecule has 0 spiro atoms. The molecule has 1 aromatic carbocycles. The summed E-state index contributed by atoms with van der Waals surface area (Å²) in [7, 11) is 0. The van der Waals surface area contributed by atoms with Crippen LogP contribution in [0.5, 0.6) is 0 Å². The van der Waals surface area contributed by atoms with Crippen LogP contribution in [0, 0.1) is 6.92 Å². The first-order chi connectivity index (χ1) is 8.15. The molecule has 0 atom stereocenters. The molecule has 94 valence electrons. The zero-order chi connectivity index (χ0) is 13.1. The Morgan fingerprint density at radius 1 is 1.24 bits per heavy atom. The molecule has 0 radical (unpaired) electrons. The van der Waals surface area contributed by atoms with Gasteiger partial charge in [0.05, 0.1) is 0 Å². The Morgan fingerprint density at radius 2 is 1.88 bits per heavy atom. The molecule has 0 saturated heterocycles. The first-order valence-electron chi connectivity index (χ1n) is 6.31. The Bertz CT molecular complexity index is 360. The maximum absolute atomic E-state index is 5.86. The average molecular weight is 231 g/mol. The molecular formula is C16H25N. The van der Waals surface area contributed by atoms with Crippen LogP contribution in [0.3, 0.4) is 0 Å². The van der Waals surface area contributed by atoms with Crippen molar-refractivity contribution in [2.24, 2.45) is 5.73 Å². The largest absolute Gasteiger partial charge is 0.398 e. The summed E-state index contributed by atoms with van der Waals surface area (Å²) in [4.78, 5) is 0. The number of nitrogens with two attached hydrogens (primary N) is 1. The average Bonchev–Trinajstić information content (AvgIpc) is 2.36. The van der Waals surface area contributed by atoms with E-state index in [0.29, 0.717) is 0 Å². The first-order valence-corrected chi connectivity index (χ1v) is 6.31. The molecule has 1 nitrogen and oxygen atoms in total. The molecule has 0 unspecified atom stereocenters. The van der Waals surface area contributed by atoms with Crippen molar-refractivity contribution in [3.8, 4) is 0 Å². The zero-order valence-electron chi connectivity index (χ0n) is 11.5. The summed E-state index contributed by atoms with van der Waals surface area (Å²) < 4.78 is 0. The Labute approximate surface area is 106 Å². The second-order valence-electron chi connectivity index (χ2n) is 4.02. The maximum atomic E-state index is 5.86. The number of hydrogen-bond acceptors (Lipinski definition) is 1. The van der Waals surface area contributed by atoms with Crippen LogP contribution < -0.4 is 5.73 Å². The Kier molecular flexibility index (Phi) is 8.85. The van der Waals surface area contributed by atoms with E-state index in [1.54, 1.807) is 0 Å². The monoisotopic (exact) mass is 231 g/mol. The summed E-state index contributed by atoms with van der Waals surface area (Å²) in [6.45, 7) is 8.40. The van der Waals surface area contributed by atoms with Crippen molar-refractivity contribution in [2.75, 3.05) is 0 Å². The fourth-order valence-corrected chi connectivity index (χ4v) is 1.12. The minimum absolute atomic E-state index is 0.807. The minimum atomic E-state index is 0.807. The van der Waals surface area contributed by atoms with Crippen LogP contribution in [0.4, 0.5) is 0 Å². The first kappa shape index (κ1) is 15.5. The van der Waals surface area contributed by atoms with Gasteiger partial charge in [0, 0.05) is 5.70 Å². The Hall–Kier alpha value is -1.50. The van der Waals surface area contributed by atoms with E-state index < -0.39 is 0 Å². The van der Waals surface area contributed by atoms with Gasteiger partial charge in [0.25, 0.3) is 0 Å². The van der Waals surface area contributed by atoms with Crippen molar-refractivity contribution in [3.63, 3.8) is 0 Å². The minimum Gasteiger partial charge on any atom is -0.398 e. The molecule has 0 aliphatic rings. The number of allylic oxidation sites excluding steroid dienone is 3. The van der Waals surface area contributed by atoms with Gasteiger partial charge in [-0.1, -0.05) is 62.6 Å². The molecule has 0 aliphatic carbocycles. The van der Waals surface area contributed by atoms with E-state index in [-0.39, 0.29) is 0 Å². The van der Waals surface area contributed by atoms with Crippen LogP contribution in [0.15, 0.2) is 42.5 Å². The van der Waals surface area contributed by atoms with Gasteiger partial charge in [-0.25, -0.2) is 0 Å². The van der Waals surface area contributed by atoms with E-state index in [1.165, 1.54) is 18.4 Å². The second-order valence-corrected chi connectivity index (χ2v) is 4.02. The summed E-state index contributed by atoms with van der Waals surface area (Å²) >= 11 is 0. The lowest BCUT2D eigenvalue weighted by atomic mass is 10.1. The van der Waals surface area contributed by atoms with Crippen LogP contribution in [0.25, 0.3) is 5.70 Å². The molecule has 1 heteroatoms. The van der Waals surface area contributed by atoms with Gasteiger partial charge in [0.15, 0.2) is 0 Å². The third-order valence-electron chi connectivity index (χ3n) is 2.32. The van der Waals surface area contributed by atoms with Crippen molar-refractivity contribution in [1.29, 1.82) is 0 Å². The number of hydrogen-bond donors (Lipinski definition) is 1. The standard InChI is InChI=1S/C12H15N.C4H10/c1-3-4-8-12(13)11-7-5-6-10(2)9-11;1-3-4-2/h3-9H,13H2,1-2H3;3-4H2,1-2H3/b4-3-,12-8-;. The predicted octanol–water partition coefficient (Wildman–Crippen LogP) is 4.68. The highest BCUT2D eigenvalue weighted by Gasteiger charge is 1.93. The van der Waals surface area contributed by atoms with E-state index in [2.05, 4.69) is 32.9 Å². The molecule has 0 heterocycles. The van der Waals surface area contributed by atoms with Gasteiger partial charge in [0.2, 0.25) is 0 Å². The topological polar surface area (TPSA) is 26.0 Å². The quantitative estimate of drug-likeness (QED) is 0.751. The highest BCUT2D eigenvalue weighted by Crippen LogP contribution is 2.10. The number of aryl methyl sites for hydroxylation is 1. The molecule has 1 aromatic rings. The van der Waals surface area contributed by atoms with Crippen LogP contribution in [0.2, 0.25) is 0 Å². The molecule has 2 N–H and O–H groups in total. The smallest absolute Gasteiger partial charge is 0.0387 e. The lowest BCUT2D eigenvalue weighted by molar-refractivity contribution is 0.886. The zero-order valence-corrected chi connectivity index (χ0v) is 11.5. The summed E-state index contributed by atoms with van der Waals surface area (Å²) in [5.41, 5.74) is 8.98. The van der Waals surface area contributed by atoms with Gasteiger partial charge in [-0.05, 0) is 31.6 Å². The normalized spacial score (nSPS) is 11.2. The predicted molar refractivity (Wildman–Crippen MR) is 78.7 cm³/mol. The second kappa shape index (κ2) is 9.71. The Morgan fingerprint density at radius 3 is 2.35 bits per heavy atom. The van der Waals surface area contributed by atoms with Crippen LogP contribution in [-0.4, -0.2) is 0 Å². The molecule has 0 amide bonds. The number of rotatable bonds is 3. The number of benzene rings is 1. The van der Waals surface area contributed by atoms with Crippen molar-refractivity contribution >= 4 is 5.70 Å². The van der Waals surface area contributed by atoms with Gasteiger partial charge in [0.1, 0.15) is 0 Å². The van der Waals surface area contributed by atoms with Crippen molar-refractivity contribution in [3.05, 3.63) is 53.6 Å². The molecule has 0 fully saturated rings. The SMILES string of the molecule is C/C=C\C=C(/N)c1cccc(C)c1.CCCC. The summed E-state index contributed by atoms with van der Waals surface area (Å²) in [5.74, 6) is 0. The van der Waals surface area contributed by atoms with Gasteiger partial charge in [-0.15, -0.1) is 0 Å². The highest BCUT2D eigenvalue weighted by molar-refractivity contribution is 5.64. The van der Waals surface area contributed by atoms with E-state index in [0.717, 1.165) is 11.3 Å². The van der Waals surface area contributed by atoms with Crippen molar-refractivity contribution in [1.82, 2.24) is 0 Å². The highest BCUT2D eigenvalue weighted by atomic mass is 14.6. The van der Waals surface area contributed by atoms with Gasteiger partial charge < -0.3 is 5.73 Å². The molecule has 1 rings (SSSR count). The fourth-order valence-electron chi connectivity index (χ4n) is 1.12. The van der Waals surface area contributed by atoms with Crippen LogP contribution in [-0.2, 0) is 0 Å². The van der Waals surface area contributed by atoms with Crippen molar-refractivity contribution in [2.45, 2.75) is 40.5 Å². The third-order valence-corrected chi connectivity index (χ3v) is 2.32. The number of unbranched alkanes of at least 4 members (excludes halogenated alkanes) is 1. The third kappa shape index (κ3) is 7.40. The Balaban J connectivity index is 0.000000557. The van der Waals surface area contributed by atoms with Crippen LogP contribution >= 0.6 is 0 Å². The van der Waals surface area contributed by atoms with Gasteiger partial charge >= 0.3 is 0 Å². The molecule has 0 saturated carbocycles. The van der Waals surface area contributed by atoms with E-state index in [4.69, 9.17) is 5.73 Å². The fraction of sp³-hybridized carbons (Fsp3) is 0.375. The molecule has 17 heavy (non-hydrogen) atoms.